The lowest BCUT2D eigenvalue weighted by atomic mass is 9.86. The maximum atomic E-state index is 12.8. The third-order valence-corrected chi connectivity index (χ3v) is 11.0. The van der Waals surface area contributed by atoms with E-state index in [9.17, 15) is 19.8 Å². The zero-order valence-electron chi connectivity index (χ0n) is 38.1. The summed E-state index contributed by atoms with van der Waals surface area (Å²) >= 11 is 0. The first-order valence-corrected chi connectivity index (χ1v) is 23.1. The molecule has 0 radical (unpaired) electrons. The van der Waals surface area contributed by atoms with Gasteiger partial charge in [-0.2, -0.15) is 0 Å². The Hall–Kier alpha value is -5.64. The molecule has 63 heavy (non-hydrogen) atoms. The van der Waals surface area contributed by atoms with Crippen LogP contribution in [-0.4, -0.2) is 61.0 Å². The van der Waals surface area contributed by atoms with Crippen molar-refractivity contribution < 1.29 is 38.7 Å². The van der Waals surface area contributed by atoms with Crippen LogP contribution in [0.25, 0.3) is 0 Å². The molecule has 0 fully saturated rings. The molecule has 0 aliphatic heterocycles. The van der Waals surface area contributed by atoms with Gasteiger partial charge in [0.15, 0.2) is 0 Å². The highest BCUT2D eigenvalue weighted by Crippen LogP contribution is 2.27. The van der Waals surface area contributed by atoms with Gasteiger partial charge in [0.2, 0.25) is 0 Å². The molecular weight excluding hydrogens is 793 g/mol. The van der Waals surface area contributed by atoms with Crippen LogP contribution < -0.4 is 9.47 Å². The topological polar surface area (TPSA) is 136 Å². The molecule has 0 saturated heterocycles. The minimum absolute atomic E-state index is 0.0884. The third-order valence-electron chi connectivity index (χ3n) is 11.0. The van der Waals surface area contributed by atoms with Gasteiger partial charge in [0, 0.05) is 35.7 Å². The average Bonchev–Trinajstić information content (AvgIpc) is 3.27. The fraction of sp³-hybridized carbons (Fsp3) is 0.472. The molecule has 0 unspecified atom stereocenters. The lowest BCUT2D eigenvalue weighted by Gasteiger charge is -2.24. The number of rotatable bonds is 30. The number of carbonyl (C=O) groups excluding carboxylic acids is 2. The summed E-state index contributed by atoms with van der Waals surface area (Å²) in [7, 11) is 0. The highest BCUT2D eigenvalue weighted by Gasteiger charge is 2.20. The van der Waals surface area contributed by atoms with E-state index in [4.69, 9.17) is 18.9 Å². The second-order valence-corrected chi connectivity index (χ2v) is 16.9. The van der Waals surface area contributed by atoms with Crippen molar-refractivity contribution in [3.05, 3.63) is 107 Å². The summed E-state index contributed by atoms with van der Waals surface area (Å²) in [6.45, 7) is 10.2. The van der Waals surface area contributed by atoms with Gasteiger partial charge in [0.05, 0.1) is 48.9 Å². The van der Waals surface area contributed by atoms with Crippen molar-refractivity contribution in [3.8, 4) is 23.0 Å². The molecule has 0 aliphatic carbocycles. The van der Waals surface area contributed by atoms with E-state index < -0.39 is 11.9 Å². The molecule has 340 valence electrons. The van der Waals surface area contributed by atoms with Gasteiger partial charge in [-0.1, -0.05) is 105 Å². The number of phenolic OH excluding ortho intramolecular Hbond substituents is 2. The monoisotopic (exact) mass is 863 g/mol. The fourth-order valence-corrected chi connectivity index (χ4v) is 6.73. The Labute approximate surface area is 375 Å². The van der Waals surface area contributed by atoms with Crippen molar-refractivity contribution in [2.45, 2.75) is 130 Å². The Balaban J connectivity index is 1.11. The van der Waals surface area contributed by atoms with Crippen LogP contribution in [0.5, 0.6) is 23.0 Å². The largest absolute Gasteiger partial charge is 0.507 e. The molecule has 10 nitrogen and oxygen atoms in total. The van der Waals surface area contributed by atoms with Crippen LogP contribution in [-0.2, 0) is 9.47 Å². The summed E-state index contributed by atoms with van der Waals surface area (Å²) in [4.78, 5) is 34.4. The fourth-order valence-electron chi connectivity index (χ4n) is 6.73. The standard InChI is InChI=1S/C53H70N2O8/c1-5-7-9-11-13-15-17-33-60-47-29-23-43(49(56)37-47)39-54-45-25-19-41(20-26-45)51(58)62-35-31-53(3,4)32-36-63-52(59)42-21-27-46(28-22-42)55-40-44-24-30-48(38-50(44)57)61-34-18-16-14-12-10-8-6-2/h19-30,37-40,56-57H,5-18,31-36H2,1-4H3. The molecular formula is C53H70N2O8. The number of aliphatic imine (C=N–C) groups is 2. The van der Waals surface area contributed by atoms with E-state index in [-0.39, 0.29) is 30.1 Å². The first-order valence-electron chi connectivity index (χ1n) is 23.1. The number of esters is 2. The highest BCUT2D eigenvalue weighted by atomic mass is 16.5. The smallest absolute Gasteiger partial charge is 0.338 e. The second kappa shape index (κ2) is 28.1. The van der Waals surface area contributed by atoms with Crippen molar-refractivity contribution in [2.75, 3.05) is 26.4 Å². The number of carbonyl (C=O) groups is 2. The SMILES string of the molecule is CCCCCCCCCOc1ccc(C=Nc2ccc(C(=O)OCCC(C)(C)CCOC(=O)c3ccc(N=Cc4ccc(OCCCCCCCCC)cc4O)cc3)cc2)c(O)c1. The Kier molecular flexibility index (Phi) is 22.3. The van der Waals surface area contributed by atoms with E-state index in [1.165, 1.54) is 64.2 Å². The lowest BCUT2D eigenvalue weighted by molar-refractivity contribution is 0.0389. The molecule has 2 N–H and O–H groups in total. The highest BCUT2D eigenvalue weighted by molar-refractivity contribution is 5.91. The number of hydrogen-bond acceptors (Lipinski definition) is 10. The van der Waals surface area contributed by atoms with Crippen LogP contribution in [0.15, 0.2) is 94.9 Å². The quantitative estimate of drug-likeness (QED) is 0.0300. The number of aromatic hydroxyl groups is 2. The van der Waals surface area contributed by atoms with Crippen LogP contribution in [0.4, 0.5) is 11.4 Å². The van der Waals surface area contributed by atoms with Crippen molar-refractivity contribution in [3.63, 3.8) is 0 Å². The molecule has 0 heterocycles. The number of hydrogen-bond donors (Lipinski definition) is 2. The zero-order valence-corrected chi connectivity index (χ0v) is 38.1. The maximum Gasteiger partial charge on any atom is 0.338 e. The zero-order chi connectivity index (χ0) is 45.1. The molecule has 4 aromatic carbocycles. The van der Waals surface area contributed by atoms with Gasteiger partial charge in [-0.25, -0.2) is 9.59 Å². The first-order chi connectivity index (χ1) is 30.6. The number of benzene rings is 4. The molecule has 4 rings (SSSR count). The predicted octanol–water partition coefficient (Wildman–Crippen LogP) is 13.7. The Bertz CT molecular complexity index is 1860. The minimum atomic E-state index is -0.432. The molecule has 0 spiro atoms. The van der Waals surface area contributed by atoms with Crippen molar-refractivity contribution >= 4 is 35.7 Å². The maximum absolute atomic E-state index is 12.8. The molecule has 0 bridgehead atoms. The first kappa shape index (κ1) is 50.0. The van der Waals surface area contributed by atoms with Crippen LogP contribution >= 0.6 is 0 Å². The van der Waals surface area contributed by atoms with Gasteiger partial charge in [0.1, 0.15) is 23.0 Å². The van der Waals surface area contributed by atoms with Crippen LogP contribution in [0, 0.1) is 5.41 Å². The normalized spacial score (nSPS) is 11.6. The van der Waals surface area contributed by atoms with Gasteiger partial charge >= 0.3 is 11.9 Å². The summed E-state index contributed by atoms with van der Waals surface area (Å²) < 4.78 is 22.8. The Morgan fingerprint density at radius 1 is 0.508 bits per heavy atom. The van der Waals surface area contributed by atoms with Crippen molar-refractivity contribution in [1.82, 2.24) is 0 Å². The van der Waals surface area contributed by atoms with E-state index in [2.05, 4.69) is 23.8 Å². The Morgan fingerprint density at radius 3 is 1.24 bits per heavy atom. The lowest BCUT2D eigenvalue weighted by Crippen LogP contribution is -2.20. The number of ether oxygens (including phenoxy) is 4. The summed E-state index contributed by atoms with van der Waals surface area (Å²) in [5.74, 6) is 0.577. The summed E-state index contributed by atoms with van der Waals surface area (Å²) in [6, 6.07) is 24.0. The van der Waals surface area contributed by atoms with Gasteiger partial charge < -0.3 is 29.2 Å². The summed E-state index contributed by atoms with van der Waals surface area (Å²) in [5, 5.41) is 21.0. The molecule has 0 aliphatic rings. The Morgan fingerprint density at radius 2 is 0.873 bits per heavy atom. The van der Waals surface area contributed by atoms with E-state index in [1.54, 1.807) is 85.2 Å². The number of nitrogens with zero attached hydrogens (tertiary/aromatic N) is 2. The molecule has 0 aromatic heterocycles. The third kappa shape index (κ3) is 19.5. The van der Waals surface area contributed by atoms with Crippen LogP contribution in [0.3, 0.4) is 0 Å². The van der Waals surface area contributed by atoms with Gasteiger partial charge in [-0.15, -0.1) is 0 Å². The molecule has 10 heteroatoms. The molecule has 0 atom stereocenters. The van der Waals surface area contributed by atoms with Gasteiger partial charge in [-0.05, 0) is 104 Å². The van der Waals surface area contributed by atoms with Crippen molar-refractivity contribution in [1.29, 1.82) is 0 Å². The number of phenols is 2. The van der Waals surface area contributed by atoms with Crippen LogP contribution in [0.2, 0.25) is 0 Å². The number of unbranched alkanes of at least 4 members (excludes halogenated alkanes) is 12. The second-order valence-electron chi connectivity index (χ2n) is 16.9. The van der Waals surface area contributed by atoms with Crippen molar-refractivity contribution in [2.24, 2.45) is 15.4 Å². The van der Waals surface area contributed by atoms with Gasteiger partial charge in [0.25, 0.3) is 0 Å². The van der Waals surface area contributed by atoms with E-state index >= 15 is 0 Å². The summed E-state index contributed by atoms with van der Waals surface area (Å²) in [5.41, 5.74) is 2.96. The predicted molar refractivity (Wildman–Crippen MR) is 254 cm³/mol. The molecule has 4 aromatic rings. The van der Waals surface area contributed by atoms with Crippen LogP contribution in [0.1, 0.15) is 162 Å². The summed E-state index contributed by atoms with van der Waals surface area (Å²) in [6.07, 6.45) is 21.3. The van der Waals surface area contributed by atoms with E-state index in [0.29, 0.717) is 71.2 Å². The van der Waals surface area contributed by atoms with E-state index in [0.717, 1.165) is 25.7 Å². The molecule has 0 amide bonds. The minimum Gasteiger partial charge on any atom is -0.507 e. The van der Waals surface area contributed by atoms with Gasteiger partial charge in [-0.3, -0.25) is 9.98 Å². The molecule has 0 saturated carbocycles. The van der Waals surface area contributed by atoms with E-state index in [1.807, 2.05) is 26.0 Å². The average molecular weight is 863 g/mol.